The number of hydrogen-bond acceptors (Lipinski definition) is 6. The third kappa shape index (κ3) is 5.53. The fourth-order valence-corrected chi connectivity index (χ4v) is 3.44. The van der Waals surface area contributed by atoms with E-state index in [1.165, 1.54) is 11.9 Å². The van der Waals surface area contributed by atoms with Gasteiger partial charge in [-0.05, 0) is 48.0 Å². The average Bonchev–Trinajstić information content (AvgIpc) is 3.24. The van der Waals surface area contributed by atoms with E-state index in [4.69, 9.17) is 30.9 Å². The Morgan fingerprint density at radius 1 is 0.939 bits per heavy atom. The van der Waals surface area contributed by atoms with E-state index in [1.54, 1.807) is 36.4 Å². The second-order valence-electron chi connectivity index (χ2n) is 7.20. The number of carbonyl (C=O) groups is 1. The SMILES string of the molecule is COc1cc(CC(=O)O)ccc1OCCCOc1ccc(Cl)cc1-n1nc2ccccc2n1. The van der Waals surface area contributed by atoms with Gasteiger partial charge in [0, 0.05) is 11.4 Å². The molecule has 0 radical (unpaired) electrons. The molecule has 0 fully saturated rings. The maximum Gasteiger partial charge on any atom is 0.307 e. The molecule has 4 rings (SSSR count). The van der Waals surface area contributed by atoms with E-state index in [-0.39, 0.29) is 6.42 Å². The molecule has 0 aliphatic carbocycles. The Labute approximate surface area is 195 Å². The van der Waals surface area contributed by atoms with Gasteiger partial charge in [-0.15, -0.1) is 15.0 Å². The van der Waals surface area contributed by atoms with E-state index in [0.29, 0.717) is 53.2 Å². The lowest BCUT2D eigenvalue weighted by molar-refractivity contribution is -0.136. The summed E-state index contributed by atoms with van der Waals surface area (Å²) in [6.45, 7) is 0.788. The van der Waals surface area contributed by atoms with Crippen LogP contribution in [0.4, 0.5) is 0 Å². The molecule has 0 aliphatic heterocycles. The number of benzene rings is 3. The van der Waals surface area contributed by atoms with Crippen LogP contribution in [0.3, 0.4) is 0 Å². The summed E-state index contributed by atoms with van der Waals surface area (Å²) in [6.07, 6.45) is 0.533. The molecule has 33 heavy (non-hydrogen) atoms. The zero-order chi connectivity index (χ0) is 23.2. The first kappa shape index (κ1) is 22.4. The maximum atomic E-state index is 10.9. The summed E-state index contributed by atoms with van der Waals surface area (Å²) in [4.78, 5) is 12.4. The van der Waals surface area contributed by atoms with Crippen LogP contribution < -0.4 is 14.2 Å². The number of fused-ring (bicyclic) bond motifs is 1. The summed E-state index contributed by atoms with van der Waals surface area (Å²) in [7, 11) is 1.52. The number of carboxylic acids is 1. The molecule has 0 spiro atoms. The molecule has 0 saturated heterocycles. The van der Waals surface area contributed by atoms with Crippen LogP contribution in [-0.4, -0.2) is 46.4 Å². The largest absolute Gasteiger partial charge is 0.493 e. The quantitative estimate of drug-likeness (QED) is 0.341. The molecule has 0 amide bonds. The van der Waals surface area contributed by atoms with Gasteiger partial charge in [0.15, 0.2) is 11.5 Å². The number of nitrogens with zero attached hydrogens (tertiary/aromatic N) is 3. The van der Waals surface area contributed by atoms with E-state index in [9.17, 15) is 4.79 Å². The van der Waals surface area contributed by atoms with Crippen LogP contribution in [0.1, 0.15) is 12.0 Å². The summed E-state index contributed by atoms with van der Waals surface area (Å²) in [5, 5.41) is 18.5. The molecule has 0 saturated carbocycles. The topological polar surface area (TPSA) is 95.7 Å². The smallest absolute Gasteiger partial charge is 0.307 e. The van der Waals surface area contributed by atoms with Gasteiger partial charge in [0.2, 0.25) is 0 Å². The molecule has 1 aromatic heterocycles. The van der Waals surface area contributed by atoms with Gasteiger partial charge in [-0.2, -0.15) is 0 Å². The normalized spacial score (nSPS) is 10.8. The lowest BCUT2D eigenvalue weighted by Crippen LogP contribution is -2.08. The van der Waals surface area contributed by atoms with Gasteiger partial charge in [0.1, 0.15) is 22.5 Å². The monoisotopic (exact) mass is 467 g/mol. The highest BCUT2D eigenvalue weighted by molar-refractivity contribution is 6.30. The third-order valence-electron chi connectivity index (χ3n) is 4.81. The van der Waals surface area contributed by atoms with Gasteiger partial charge >= 0.3 is 5.97 Å². The fraction of sp³-hybridized carbons (Fsp3) is 0.208. The highest BCUT2D eigenvalue weighted by Gasteiger charge is 2.12. The van der Waals surface area contributed by atoms with Crippen molar-refractivity contribution in [3.8, 4) is 22.9 Å². The van der Waals surface area contributed by atoms with Gasteiger partial charge < -0.3 is 19.3 Å². The number of halogens is 1. The lowest BCUT2D eigenvalue weighted by atomic mass is 10.1. The molecule has 3 aromatic carbocycles. The van der Waals surface area contributed by atoms with E-state index < -0.39 is 5.97 Å². The minimum Gasteiger partial charge on any atom is -0.493 e. The Bertz CT molecular complexity index is 1240. The Hall–Kier alpha value is -3.78. The number of ether oxygens (including phenoxy) is 3. The van der Waals surface area contributed by atoms with E-state index >= 15 is 0 Å². The van der Waals surface area contributed by atoms with Gasteiger partial charge in [-0.1, -0.05) is 29.8 Å². The molecular formula is C24H22ClN3O5. The van der Waals surface area contributed by atoms with Crippen molar-refractivity contribution in [1.82, 2.24) is 15.0 Å². The summed E-state index contributed by atoms with van der Waals surface area (Å²) >= 11 is 6.20. The number of hydrogen-bond donors (Lipinski definition) is 1. The molecule has 0 bridgehead atoms. The first-order valence-electron chi connectivity index (χ1n) is 10.3. The number of aromatic nitrogens is 3. The first-order chi connectivity index (χ1) is 16.0. The molecule has 1 heterocycles. The van der Waals surface area contributed by atoms with E-state index in [0.717, 1.165) is 11.0 Å². The van der Waals surface area contributed by atoms with E-state index in [1.807, 2.05) is 24.3 Å². The lowest BCUT2D eigenvalue weighted by Gasteiger charge is -2.13. The maximum absolute atomic E-state index is 10.9. The Balaban J connectivity index is 1.37. The fourth-order valence-electron chi connectivity index (χ4n) is 3.28. The minimum absolute atomic E-state index is 0.0748. The van der Waals surface area contributed by atoms with Crippen LogP contribution in [0.5, 0.6) is 17.2 Å². The Morgan fingerprint density at radius 3 is 2.27 bits per heavy atom. The molecule has 1 N–H and O–H groups in total. The van der Waals surface area contributed by atoms with Crippen LogP contribution in [-0.2, 0) is 11.2 Å². The van der Waals surface area contributed by atoms with E-state index in [2.05, 4.69) is 10.2 Å². The average molecular weight is 468 g/mol. The molecule has 0 aliphatic rings. The Morgan fingerprint density at radius 2 is 1.61 bits per heavy atom. The number of carboxylic acid groups (broad SMARTS) is 1. The van der Waals surface area contributed by atoms with Crippen molar-refractivity contribution in [3.63, 3.8) is 0 Å². The van der Waals surface area contributed by atoms with Gasteiger partial charge in [-0.25, -0.2) is 0 Å². The summed E-state index contributed by atoms with van der Waals surface area (Å²) < 4.78 is 17.1. The predicted molar refractivity (Wildman–Crippen MR) is 124 cm³/mol. The molecule has 8 nitrogen and oxygen atoms in total. The van der Waals surface area contributed by atoms with Crippen molar-refractivity contribution >= 4 is 28.6 Å². The summed E-state index contributed by atoms with van der Waals surface area (Å²) in [5.41, 5.74) is 2.85. The molecule has 0 atom stereocenters. The molecule has 9 heteroatoms. The van der Waals surface area contributed by atoms with Crippen LogP contribution in [0, 0.1) is 0 Å². The zero-order valence-electron chi connectivity index (χ0n) is 17.9. The molecule has 4 aromatic rings. The van der Waals surface area contributed by atoms with Crippen molar-refractivity contribution in [2.75, 3.05) is 20.3 Å². The Kier molecular flexibility index (Phi) is 6.95. The van der Waals surface area contributed by atoms with Gasteiger partial charge in [-0.3, -0.25) is 4.79 Å². The number of aliphatic carboxylic acids is 1. The van der Waals surface area contributed by atoms with Crippen LogP contribution in [0.2, 0.25) is 5.02 Å². The van der Waals surface area contributed by atoms with Crippen LogP contribution >= 0.6 is 11.6 Å². The zero-order valence-corrected chi connectivity index (χ0v) is 18.7. The second-order valence-corrected chi connectivity index (χ2v) is 7.63. The molecule has 170 valence electrons. The summed E-state index contributed by atoms with van der Waals surface area (Å²) in [5.74, 6) is 0.746. The van der Waals surface area contributed by atoms with Crippen molar-refractivity contribution in [2.45, 2.75) is 12.8 Å². The van der Waals surface area contributed by atoms with Crippen LogP contribution in [0.15, 0.2) is 60.7 Å². The first-order valence-corrected chi connectivity index (χ1v) is 10.7. The summed E-state index contributed by atoms with van der Waals surface area (Å²) in [6, 6.07) is 18.0. The predicted octanol–water partition coefficient (Wildman–Crippen LogP) is 4.56. The van der Waals surface area contributed by atoms with Crippen molar-refractivity contribution in [2.24, 2.45) is 0 Å². The number of methoxy groups -OCH3 is 1. The molecule has 0 unspecified atom stereocenters. The highest BCUT2D eigenvalue weighted by atomic mass is 35.5. The van der Waals surface area contributed by atoms with Crippen molar-refractivity contribution in [3.05, 3.63) is 71.2 Å². The third-order valence-corrected chi connectivity index (χ3v) is 5.05. The highest BCUT2D eigenvalue weighted by Crippen LogP contribution is 2.29. The number of rotatable bonds is 10. The van der Waals surface area contributed by atoms with Crippen molar-refractivity contribution in [1.29, 1.82) is 0 Å². The van der Waals surface area contributed by atoms with Gasteiger partial charge in [0.25, 0.3) is 0 Å². The standard InChI is InChI=1S/C24H22ClN3O5/c1-31-23-13-16(14-24(29)30)7-9-22(23)33-12-4-11-32-21-10-8-17(25)15-20(21)28-26-18-5-2-3-6-19(18)27-28/h2-3,5-10,13,15H,4,11-12,14H2,1H3,(H,29,30). The van der Waals surface area contributed by atoms with Crippen LogP contribution in [0.25, 0.3) is 16.7 Å². The minimum atomic E-state index is -0.900. The van der Waals surface area contributed by atoms with Crippen molar-refractivity contribution < 1.29 is 24.1 Å². The second kappa shape index (κ2) is 10.2. The van der Waals surface area contributed by atoms with Gasteiger partial charge in [0.05, 0.1) is 26.7 Å². The molecular weight excluding hydrogens is 446 g/mol.